The van der Waals surface area contributed by atoms with Gasteiger partial charge in [-0.3, -0.25) is 24.1 Å². The van der Waals surface area contributed by atoms with E-state index in [4.69, 9.17) is 10.5 Å². The van der Waals surface area contributed by atoms with Crippen LogP contribution in [0, 0.1) is 0 Å². The van der Waals surface area contributed by atoms with Crippen molar-refractivity contribution in [1.29, 1.82) is 0 Å². The third-order valence-electron chi connectivity index (χ3n) is 6.89. The van der Waals surface area contributed by atoms with Crippen LogP contribution in [0.15, 0.2) is 54.6 Å². The van der Waals surface area contributed by atoms with Crippen LogP contribution >= 0.6 is 0 Å². The van der Waals surface area contributed by atoms with Gasteiger partial charge < -0.3 is 31.5 Å². The SMILES string of the molecule is C[C@@H](NC(=O)[C@@H](Cc1ccccc1)NC(=O)[C@@H](Cc1ccc(O)cc1)NC(=O)[C@@H]1CCCN1C(=O)OC(C)(C)C)C(N)=O. The number of primary amides is 1. The van der Waals surface area contributed by atoms with Crippen molar-refractivity contribution in [3.63, 3.8) is 0 Å². The lowest BCUT2D eigenvalue weighted by Gasteiger charge is -2.29. The summed E-state index contributed by atoms with van der Waals surface area (Å²) in [6.45, 7) is 6.98. The van der Waals surface area contributed by atoms with E-state index in [1.54, 1.807) is 57.2 Å². The number of likely N-dealkylation sites (tertiary alicyclic amines) is 1. The van der Waals surface area contributed by atoms with Crippen LogP contribution in [-0.4, -0.2) is 76.0 Å². The Bertz CT molecular complexity index is 1290. The molecule has 3 rings (SSSR count). The minimum Gasteiger partial charge on any atom is -0.508 e. The molecule has 12 heteroatoms. The molecule has 0 bridgehead atoms. The van der Waals surface area contributed by atoms with Crippen molar-refractivity contribution in [1.82, 2.24) is 20.9 Å². The fraction of sp³-hybridized carbons (Fsp3) is 0.452. The first kappa shape index (κ1) is 32.9. The fourth-order valence-corrected chi connectivity index (χ4v) is 4.64. The number of ether oxygens (including phenoxy) is 1. The van der Waals surface area contributed by atoms with Gasteiger partial charge in [-0.25, -0.2) is 4.79 Å². The van der Waals surface area contributed by atoms with Gasteiger partial charge in [0.2, 0.25) is 23.6 Å². The lowest BCUT2D eigenvalue weighted by atomic mass is 10.0. The summed E-state index contributed by atoms with van der Waals surface area (Å²) in [7, 11) is 0. The zero-order valence-electron chi connectivity index (χ0n) is 25.0. The topological polar surface area (TPSA) is 180 Å². The van der Waals surface area contributed by atoms with E-state index in [-0.39, 0.29) is 18.6 Å². The van der Waals surface area contributed by atoms with E-state index < -0.39 is 59.5 Å². The number of amides is 5. The number of carbonyl (C=O) groups excluding carboxylic acids is 5. The lowest BCUT2D eigenvalue weighted by Crippen LogP contribution is -2.58. The summed E-state index contributed by atoms with van der Waals surface area (Å²) in [5.41, 5.74) is 5.97. The third kappa shape index (κ3) is 10.0. The molecule has 0 aliphatic carbocycles. The van der Waals surface area contributed by atoms with Crippen LogP contribution in [0.1, 0.15) is 51.7 Å². The first-order valence-electron chi connectivity index (χ1n) is 14.3. The number of nitrogens with two attached hydrogens (primary N) is 1. The Labute approximate surface area is 251 Å². The van der Waals surface area contributed by atoms with Crippen molar-refractivity contribution in [2.45, 2.75) is 83.1 Å². The van der Waals surface area contributed by atoms with Crippen LogP contribution in [0.25, 0.3) is 0 Å². The Morgan fingerprint density at radius 3 is 2.05 bits per heavy atom. The number of nitrogens with one attached hydrogen (secondary N) is 3. The molecule has 4 atom stereocenters. The number of hydrogen-bond acceptors (Lipinski definition) is 7. The van der Waals surface area contributed by atoms with Crippen molar-refractivity contribution in [2.24, 2.45) is 5.73 Å². The molecule has 5 amide bonds. The summed E-state index contributed by atoms with van der Waals surface area (Å²) >= 11 is 0. The number of phenols is 1. The molecule has 43 heavy (non-hydrogen) atoms. The Balaban J connectivity index is 1.84. The van der Waals surface area contributed by atoms with Crippen molar-refractivity contribution in [2.75, 3.05) is 6.54 Å². The molecule has 0 aromatic heterocycles. The number of phenolic OH excluding ortho intramolecular Hbond substituents is 1. The van der Waals surface area contributed by atoms with Gasteiger partial charge in [0.15, 0.2) is 0 Å². The van der Waals surface area contributed by atoms with Gasteiger partial charge in [-0.05, 0) is 63.8 Å². The molecule has 1 heterocycles. The highest BCUT2D eigenvalue weighted by molar-refractivity contribution is 5.95. The van der Waals surface area contributed by atoms with Crippen molar-refractivity contribution < 1.29 is 33.8 Å². The molecule has 1 fully saturated rings. The van der Waals surface area contributed by atoms with Gasteiger partial charge in [-0.2, -0.15) is 0 Å². The smallest absolute Gasteiger partial charge is 0.410 e. The van der Waals surface area contributed by atoms with E-state index in [1.807, 2.05) is 6.07 Å². The van der Waals surface area contributed by atoms with Crippen LogP contribution in [0.5, 0.6) is 5.75 Å². The average Bonchev–Trinajstić information content (AvgIpc) is 3.43. The van der Waals surface area contributed by atoms with E-state index in [1.165, 1.54) is 24.0 Å². The molecule has 1 aliphatic rings. The minimum atomic E-state index is -1.14. The van der Waals surface area contributed by atoms with Gasteiger partial charge >= 0.3 is 6.09 Å². The quantitative estimate of drug-likeness (QED) is 0.261. The normalized spacial score (nSPS) is 16.8. The molecule has 0 unspecified atom stereocenters. The van der Waals surface area contributed by atoms with Crippen LogP contribution in [0.2, 0.25) is 0 Å². The standard InChI is InChI=1S/C31H41N5O7/c1-19(26(32)38)33-27(39)23(17-20-9-6-5-7-10-20)34-28(40)24(18-21-12-14-22(37)15-13-21)35-29(41)25-11-8-16-36(25)30(42)43-31(2,3)4/h5-7,9-10,12-15,19,23-25,37H,8,11,16-18H2,1-4H3,(H2,32,38)(H,33,39)(H,34,40)(H,35,41)/t19-,23-,24-,25+/m1/s1. The Morgan fingerprint density at radius 2 is 1.47 bits per heavy atom. The number of carbonyl (C=O) groups is 5. The van der Waals surface area contributed by atoms with Gasteiger partial charge in [0.25, 0.3) is 0 Å². The highest BCUT2D eigenvalue weighted by atomic mass is 16.6. The van der Waals surface area contributed by atoms with E-state index in [0.717, 1.165) is 5.56 Å². The predicted octanol–water partition coefficient (Wildman–Crippen LogP) is 1.54. The summed E-state index contributed by atoms with van der Waals surface area (Å²) < 4.78 is 5.47. The van der Waals surface area contributed by atoms with Crippen LogP contribution in [0.3, 0.4) is 0 Å². The Hall–Kier alpha value is -4.61. The van der Waals surface area contributed by atoms with Crippen LogP contribution in [-0.2, 0) is 36.8 Å². The van der Waals surface area contributed by atoms with Gasteiger partial charge in [0.05, 0.1) is 0 Å². The second-order valence-electron chi connectivity index (χ2n) is 11.6. The van der Waals surface area contributed by atoms with Gasteiger partial charge in [-0.1, -0.05) is 42.5 Å². The third-order valence-corrected chi connectivity index (χ3v) is 6.89. The minimum absolute atomic E-state index is 0.0361. The highest BCUT2D eigenvalue weighted by Crippen LogP contribution is 2.21. The molecule has 0 spiro atoms. The zero-order chi connectivity index (χ0) is 31.7. The van der Waals surface area contributed by atoms with Gasteiger partial charge in [0, 0.05) is 19.4 Å². The second-order valence-corrected chi connectivity index (χ2v) is 11.6. The highest BCUT2D eigenvalue weighted by Gasteiger charge is 2.38. The maximum Gasteiger partial charge on any atom is 0.410 e. The Morgan fingerprint density at radius 1 is 0.907 bits per heavy atom. The number of rotatable bonds is 11. The number of hydrogen-bond donors (Lipinski definition) is 5. The molecule has 0 radical (unpaired) electrons. The number of benzene rings is 2. The summed E-state index contributed by atoms with van der Waals surface area (Å²) in [6.07, 6.45) is 0.507. The average molecular weight is 596 g/mol. The molecule has 0 saturated carbocycles. The van der Waals surface area contributed by atoms with E-state index in [2.05, 4.69) is 16.0 Å². The van der Waals surface area contributed by atoms with Crippen LogP contribution < -0.4 is 21.7 Å². The molecular formula is C31H41N5O7. The molecular weight excluding hydrogens is 554 g/mol. The van der Waals surface area contributed by atoms with E-state index >= 15 is 0 Å². The van der Waals surface area contributed by atoms with E-state index in [9.17, 15) is 29.1 Å². The molecule has 232 valence electrons. The molecule has 6 N–H and O–H groups in total. The first-order chi connectivity index (χ1) is 20.2. The summed E-state index contributed by atoms with van der Waals surface area (Å²) in [6, 6.07) is 11.1. The Kier molecular flexibility index (Phi) is 11.1. The molecule has 12 nitrogen and oxygen atoms in total. The van der Waals surface area contributed by atoms with Crippen molar-refractivity contribution in [3.8, 4) is 5.75 Å². The summed E-state index contributed by atoms with van der Waals surface area (Å²) in [4.78, 5) is 66.2. The molecule has 1 aliphatic heterocycles. The second kappa shape index (κ2) is 14.5. The van der Waals surface area contributed by atoms with Crippen molar-refractivity contribution in [3.05, 3.63) is 65.7 Å². The van der Waals surface area contributed by atoms with Gasteiger partial charge in [-0.15, -0.1) is 0 Å². The predicted molar refractivity (Wildman–Crippen MR) is 159 cm³/mol. The maximum atomic E-state index is 13.7. The van der Waals surface area contributed by atoms with E-state index in [0.29, 0.717) is 24.9 Å². The monoisotopic (exact) mass is 595 g/mol. The fourth-order valence-electron chi connectivity index (χ4n) is 4.64. The molecule has 2 aromatic rings. The molecule has 2 aromatic carbocycles. The summed E-state index contributed by atoms with van der Waals surface area (Å²) in [5.74, 6) is -2.50. The van der Waals surface area contributed by atoms with Crippen molar-refractivity contribution >= 4 is 29.7 Å². The zero-order valence-corrected chi connectivity index (χ0v) is 25.0. The molecule has 1 saturated heterocycles. The largest absolute Gasteiger partial charge is 0.508 e. The first-order valence-corrected chi connectivity index (χ1v) is 14.3. The lowest BCUT2D eigenvalue weighted by molar-refractivity contribution is -0.134. The maximum absolute atomic E-state index is 13.7. The number of aromatic hydroxyl groups is 1. The number of nitrogens with zero attached hydrogens (tertiary/aromatic N) is 1. The summed E-state index contributed by atoms with van der Waals surface area (Å²) in [5, 5.41) is 17.7. The van der Waals surface area contributed by atoms with Gasteiger partial charge in [0.1, 0.15) is 35.5 Å². The van der Waals surface area contributed by atoms with Crippen LogP contribution in [0.4, 0.5) is 4.79 Å².